The van der Waals surface area contributed by atoms with Crippen LogP contribution in [0.1, 0.15) is 26.3 Å². The third kappa shape index (κ3) is 1.23. The zero-order valence-corrected chi connectivity index (χ0v) is 8.70. The Hall–Kier alpha value is -1.58. The fourth-order valence-electron chi connectivity index (χ4n) is 1.69. The normalized spacial score (nSPS) is 12.2. The molecule has 4 nitrogen and oxygen atoms in total. The summed E-state index contributed by atoms with van der Waals surface area (Å²) in [7, 11) is 0. The lowest BCUT2D eigenvalue weighted by Crippen LogP contribution is -2.24. The summed E-state index contributed by atoms with van der Waals surface area (Å²) >= 11 is 0. The molecule has 0 bridgehead atoms. The molecule has 0 aliphatic carbocycles. The average Bonchev–Trinajstić information content (AvgIpc) is 2.38. The monoisotopic (exact) mass is 191 g/mol. The number of hydrogen-bond acceptors (Lipinski definition) is 2. The fourth-order valence-corrected chi connectivity index (χ4v) is 1.69. The Balaban J connectivity index is 2.81. The minimum Gasteiger partial charge on any atom is -0.382 e. The van der Waals surface area contributed by atoms with Crippen LogP contribution in [-0.4, -0.2) is 10.1 Å². The molecule has 74 valence electrons. The van der Waals surface area contributed by atoms with Crippen LogP contribution in [0.15, 0.2) is 18.5 Å². The van der Waals surface area contributed by atoms with Gasteiger partial charge in [-0.2, -0.15) is 0 Å². The van der Waals surface area contributed by atoms with Gasteiger partial charge in [0.2, 0.25) is 0 Å². The van der Waals surface area contributed by atoms with Crippen molar-refractivity contribution >= 4 is 11.5 Å². The first-order valence-electron chi connectivity index (χ1n) is 4.64. The molecule has 0 unspecified atom stereocenters. The number of anilines is 1. The zero-order valence-electron chi connectivity index (χ0n) is 8.70. The van der Waals surface area contributed by atoms with Gasteiger partial charge in [-0.05, 0) is 10.4 Å². The molecular weight excluding hydrogens is 176 g/mol. The van der Waals surface area contributed by atoms with E-state index in [0.29, 0.717) is 5.82 Å². The molecular formula is C10H15N4+. The molecule has 2 heterocycles. The third-order valence-corrected chi connectivity index (χ3v) is 2.23. The number of aromatic amines is 1. The number of aromatic nitrogens is 3. The SMILES string of the molecule is CC(C)(C)c1c(N)[nH][n+]2cccnc12. The van der Waals surface area contributed by atoms with Crippen LogP contribution in [0.25, 0.3) is 5.65 Å². The van der Waals surface area contributed by atoms with Crippen LogP contribution in [0.4, 0.5) is 5.82 Å². The average molecular weight is 191 g/mol. The molecule has 0 fully saturated rings. The van der Waals surface area contributed by atoms with Gasteiger partial charge in [0.15, 0.2) is 0 Å². The number of H-pyrrole nitrogens is 1. The van der Waals surface area contributed by atoms with Crippen molar-refractivity contribution in [3.63, 3.8) is 0 Å². The molecule has 0 radical (unpaired) electrons. The fraction of sp³-hybridized carbons (Fsp3) is 0.400. The number of rotatable bonds is 0. The molecule has 0 amide bonds. The van der Waals surface area contributed by atoms with Crippen LogP contribution < -0.4 is 10.2 Å². The van der Waals surface area contributed by atoms with Gasteiger partial charge in [0.1, 0.15) is 18.2 Å². The predicted octanol–water partition coefficient (Wildman–Crippen LogP) is 1.03. The van der Waals surface area contributed by atoms with Crippen LogP contribution >= 0.6 is 0 Å². The second-order valence-electron chi connectivity index (χ2n) is 4.46. The van der Waals surface area contributed by atoms with Crippen molar-refractivity contribution in [3.8, 4) is 0 Å². The van der Waals surface area contributed by atoms with Crippen LogP contribution in [-0.2, 0) is 5.41 Å². The smallest absolute Gasteiger partial charge is 0.353 e. The molecule has 0 saturated carbocycles. The van der Waals surface area contributed by atoms with Crippen molar-refractivity contribution in [2.45, 2.75) is 26.2 Å². The summed E-state index contributed by atoms with van der Waals surface area (Å²) in [5, 5.41) is 3.07. The van der Waals surface area contributed by atoms with E-state index in [9.17, 15) is 0 Å². The molecule has 0 aromatic carbocycles. The van der Waals surface area contributed by atoms with Gasteiger partial charge in [-0.3, -0.25) is 0 Å². The summed E-state index contributed by atoms with van der Waals surface area (Å²) in [6, 6.07) is 1.87. The van der Waals surface area contributed by atoms with Crippen molar-refractivity contribution in [1.29, 1.82) is 0 Å². The highest BCUT2D eigenvalue weighted by atomic mass is 15.3. The number of nitrogens with zero attached hydrogens (tertiary/aromatic N) is 2. The lowest BCUT2D eigenvalue weighted by Gasteiger charge is -2.14. The largest absolute Gasteiger partial charge is 0.382 e. The first-order chi connectivity index (χ1) is 6.50. The van der Waals surface area contributed by atoms with E-state index >= 15 is 0 Å². The number of nitrogens with one attached hydrogen (secondary N) is 1. The summed E-state index contributed by atoms with van der Waals surface area (Å²) in [6.07, 6.45) is 3.69. The van der Waals surface area contributed by atoms with Gasteiger partial charge in [0, 0.05) is 6.07 Å². The van der Waals surface area contributed by atoms with E-state index in [4.69, 9.17) is 5.73 Å². The molecule has 0 spiro atoms. The van der Waals surface area contributed by atoms with E-state index < -0.39 is 0 Å². The summed E-state index contributed by atoms with van der Waals surface area (Å²) in [5.41, 5.74) is 7.89. The van der Waals surface area contributed by atoms with Gasteiger partial charge in [-0.25, -0.2) is 5.10 Å². The molecule has 14 heavy (non-hydrogen) atoms. The van der Waals surface area contributed by atoms with E-state index in [1.54, 1.807) is 6.20 Å². The molecule has 0 aliphatic rings. The molecule has 4 heteroatoms. The van der Waals surface area contributed by atoms with Crippen LogP contribution in [0.2, 0.25) is 0 Å². The van der Waals surface area contributed by atoms with Crippen molar-refractivity contribution in [2.24, 2.45) is 0 Å². The summed E-state index contributed by atoms with van der Waals surface area (Å²) < 4.78 is 1.84. The summed E-state index contributed by atoms with van der Waals surface area (Å²) in [6.45, 7) is 6.38. The molecule has 2 rings (SSSR count). The van der Waals surface area contributed by atoms with Crippen molar-refractivity contribution in [2.75, 3.05) is 5.73 Å². The molecule has 0 saturated heterocycles. The second kappa shape index (κ2) is 2.70. The topological polar surface area (TPSA) is 58.8 Å². The van der Waals surface area contributed by atoms with Crippen LogP contribution in [0.5, 0.6) is 0 Å². The Labute approximate surface area is 82.8 Å². The van der Waals surface area contributed by atoms with Crippen LogP contribution in [0, 0.1) is 0 Å². The van der Waals surface area contributed by atoms with Crippen molar-refractivity contribution < 1.29 is 4.52 Å². The molecule has 0 atom stereocenters. The van der Waals surface area contributed by atoms with Gasteiger partial charge < -0.3 is 5.73 Å². The number of hydrogen-bond donors (Lipinski definition) is 2. The van der Waals surface area contributed by atoms with Crippen molar-refractivity contribution in [3.05, 3.63) is 24.0 Å². The summed E-state index contributed by atoms with van der Waals surface area (Å²) in [5.74, 6) is 0.691. The van der Waals surface area contributed by atoms with Gasteiger partial charge in [-0.15, -0.1) is 4.52 Å². The summed E-state index contributed by atoms with van der Waals surface area (Å²) in [4.78, 5) is 4.32. The first-order valence-corrected chi connectivity index (χ1v) is 4.64. The Morgan fingerprint density at radius 3 is 2.79 bits per heavy atom. The number of nitrogens with two attached hydrogens (primary N) is 1. The maximum absolute atomic E-state index is 5.92. The Kier molecular flexibility index (Phi) is 1.74. The lowest BCUT2D eigenvalue weighted by molar-refractivity contribution is -0.578. The van der Waals surface area contributed by atoms with Gasteiger partial charge >= 0.3 is 5.65 Å². The Morgan fingerprint density at radius 1 is 1.43 bits per heavy atom. The maximum atomic E-state index is 5.92. The quantitative estimate of drug-likeness (QED) is 0.611. The number of fused-ring (bicyclic) bond motifs is 1. The highest BCUT2D eigenvalue weighted by Crippen LogP contribution is 2.27. The second-order valence-corrected chi connectivity index (χ2v) is 4.46. The third-order valence-electron chi connectivity index (χ3n) is 2.23. The minimum absolute atomic E-state index is 0.00366. The Bertz CT molecular complexity index is 464. The molecule has 3 N–H and O–H groups in total. The zero-order chi connectivity index (χ0) is 10.3. The minimum atomic E-state index is 0.00366. The van der Waals surface area contributed by atoms with Gasteiger partial charge in [0.05, 0.1) is 5.56 Å². The first kappa shape index (κ1) is 8.99. The van der Waals surface area contributed by atoms with E-state index in [2.05, 4.69) is 30.9 Å². The van der Waals surface area contributed by atoms with Gasteiger partial charge in [-0.1, -0.05) is 20.8 Å². The lowest BCUT2D eigenvalue weighted by atomic mass is 9.88. The van der Waals surface area contributed by atoms with E-state index in [0.717, 1.165) is 11.2 Å². The maximum Gasteiger partial charge on any atom is 0.353 e. The number of nitrogen functional groups attached to an aromatic ring is 1. The van der Waals surface area contributed by atoms with Crippen LogP contribution in [0.3, 0.4) is 0 Å². The Morgan fingerprint density at radius 2 is 2.14 bits per heavy atom. The molecule has 2 aromatic rings. The van der Waals surface area contributed by atoms with Crippen molar-refractivity contribution in [1.82, 2.24) is 10.1 Å². The highest BCUT2D eigenvalue weighted by molar-refractivity contribution is 5.57. The van der Waals surface area contributed by atoms with E-state index in [1.807, 2.05) is 16.8 Å². The molecule has 2 aromatic heterocycles. The van der Waals surface area contributed by atoms with E-state index in [-0.39, 0.29) is 5.41 Å². The highest BCUT2D eigenvalue weighted by Gasteiger charge is 2.28. The van der Waals surface area contributed by atoms with E-state index in [1.165, 1.54) is 0 Å². The predicted molar refractivity (Wildman–Crippen MR) is 54.9 cm³/mol. The standard InChI is InChI=1S/C10H14N4/c1-10(2,3)7-8(11)13-14-6-4-5-12-9(7)14/h4-6H,1-3H3,(H2,11,13)/p+1. The molecule has 0 aliphatic heterocycles. The van der Waals surface area contributed by atoms with Gasteiger partial charge in [0.25, 0.3) is 0 Å².